The normalized spacial score (nSPS) is 10.2. The molecule has 0 radical (unpaired) electrons. The zero-order chi connectivity index (χ0) is 10.8. The third kappa shape index (κ3) is 4.23. The van der Waals surface area contributed by atoms with Crippen LogP contribution in [0.4, 0.5) is 0 Å². The molecule has 0 aliphatic carbocycles. The third-order valence-electron chi connectivity index (χ3n) is 1.69. The molecule has 0 aliphatic heterocycles. The number of nitrogens with zero attached hydrogens (tertiary/aromatic N) is 1. The summed E-state index contributed by atoms with van der Waals surface area (Å²) < 4.78 is 24.9. The molecule has 7 heteroatoms. The molecule has 0 saturated heterocycles. The Hall–Kier alpha value is 0.203. The van der Waals surface area contributed by atoms with E-state index in [2.05, 4.69) is 17.9 Å². The zero-order valence-corrected chi connectivity index (χ0v) is 12.7. The maximum Gasteiger partial charge on any atom is -1.00 e. The summed E-state index contributed by atoms with van der Waals surface area (Å²) in [5.41, 5.74) is 0.706. The van der Waals surface area contributed by atoms with Crippen molar-refractivity contribution in [1.82, 2.24) is 4.31 Å². The standard InChI is InChI=1S/C9H11NO2S.2ClH.Ru/c1-10(2)13(11,12)8-9-6-4-3-5-7-9;;;/h3-7H,1-2H3;2*1H;/q;;;+2/p-2. The van der Waals surface area contributed by atoms with E-state index < -0.39 is 10.0 Å². The molecule has 0 saturated carbocycles. The van der Waals surface area contributed by atoms with E-state index in [9.17, 15) is 8.42 Å². The van der Waals surface area contributed by atoms with Crippen LogP contribution in [0.15, 0.2) is 30.3 Å². The fourth-order valence-electron chi connectivity index (χ4n) is 0.870. The van der Waals surface area contributed by atoms with Gasteiger partial charge in [-0.1, -0.05) is 0 Å². The van der Waals surface area contributed by atoms with E-state index in [4.69, 9.17) is 0 Å². The van der Waals surface area contributed by atoms with Crippen molar-refractivity contribution in [3.63, 3.8) is 0 Å². The van der Waals surface area contributed by atoms with Crippen molar-refractivity contribution in [3.8, 4) is 0 Å². The number of halogens is 2. The van der Waals surface area contributed by atoms with E-state index in [0.717, 1.165) is 0 Å². The van der Waals surface area contributed by atoms with E-state index in [1.54, 1.807) is 12.1 Å². The maximum atomic E-state index is 11.7. The number of hydrogen-bond donors (Lipinski definition) is 0. The molecule has 0 fully saturated rings. The van der Waals surface area contributed by atoms with Crippen LogP contribution >= 0.6 is 0 Å². The average Bonchev–Trinajstić information content (AvgIpc) is 2.17. The van der Waals surface area contributed by atoms with Crippen molar-refractivity contribution in [1.29, 1.82) is 0 Å². The Morgan fingerprint density at radius 3 is 1.94 bits per heavy atom. The summed E-state index contributed by atoms with van der Waals surface area (Å²) >= 11 is 2.17. The molecule has 3 nitrogen and oxygen atoms in total. The van der Waals surface area contributed by atoms with Crippen LogP contribution in [0.25, 0.3) is 0 Å². The molecule has 1 aromatic rings. The monoisotopic (exact) mass is 369 g/mol. The molecule has 92 valence electrons. The van der Waals surface area contributed by atoms with Gasteiger partial charge in [0, 0.05) is 0 Å². The van der Waals surface area contributed by atoms with Gasteiger partial charge in [0.05, 0.1) is 0 Å². The fourth-order valence-corrected chi connectivity index (χ4v) is 2.86. The summed E-state index contributed by atoms with van der Waals surface area (Å²) in [5.74, 6) is 0. The Morgan fingerprint density at radius 2 is 1.56 bits per heavy atom. The Balaban J connectivity index is 0. The number of rotatable bonds is 3. The summed E-state index contributed by atoms with van der Waals surface area (Å²) in [6.07, 6.45) is 0. The second-order valence-electron chi connectivity index (χ2n) is 2.92. The smallest absolute Gasteiger partial charge is 1.00 e. The minimum Gasteiger partial charge on any atom is -1.00 e. The SMILES string of the molecule is CN(C)S(=O)(=O)[C](=[Ru+2])c1ccccc1.[Cl-].[Cl-]. The summed E-state index contributed by atoms with van der Waals surface area (Å²) in [6.45, 7) is 0. The number of benzene rings is 1. The van der Waals surface area contributed by atoms with Crippen molar-refractivity contribution in [2.75, 3.05) is 14.1 Å². The molecular formula is C9H11Cl2NO2RuS. The molecule has 1 rings (SSSR count). The molecule has 0 aromatic heterocycles. The Labute approximate surface area is 118 Å². The van der Waals surface area contributed by atoms with E-state index in [1.807, 2.05) is 18.2 Å². The van der Waals surface area contributed by atoms with E-state index in [-0.39, 0.29) is 24.8 Å². The van der Waals surface area contributed by atoms with Gasteiger partial charge in [0.25, 0.3) is 0 Å². The van der Waals surface area contributed by atoms with Crippen LogP contribution in [0.3, 0.4) is 0 Å². The van der Waals surface area contributed by atoms with Crippen LogP contribution in [0.2, 0.25) is 0 Å². The molecule has 0 bridgehead atoms. The van der Waals surface area contributed by atoms with Gasteiger partial charge in [-0.25, -0.2) is 0 Å². The van der Waals surface area contributed by atoms with Gasteiger partial charge in [-0.2, -0.15) is 0 Å². The second-order valence-corrected chi connectivity index (χ2v) is 6.44. The maximum absolute atomic E-state index is 11.7. The van der Waals surface area contributed by atoms with Gasteiger partial charge < -0.3 is 24.8 Å². The van der Waals surface area contributed by atoms with E-state index >= 15 is 0 Å². The summed E-state index contributed by atoms with van der Waals surface area (Å²) in [7, 11) is -0.274. The first kappa shape index (κ1) is 18.6. The molecule has 0 N–H and O–H groups in total. The van der Waals surface area contributed by atoms with Crippen molar-refractivity contribution in [3.05, 3.63) is 35.9 Å². The molecular weight excluding hydrogens is 358 g/mol. The van der Waals surface area contributed by atoms with E-state index in [0.29, 0.717) is 9.00 Å². The van der Waals surface area contributed by atoms with Gasteiger partial charge >= 0.3 is 94.0 Å². The minimum atomic E-state index is -3.31. The summed E-state index contributed by atoms with van der Waals surface area (Å²) in [6, 6.07) is 9.02. The van der Waals surface area contributed by atoms with Crippen molar-refractivity contribution >= 4 is 13.5 Å². The fraction of sp³-hybridized carbons (Fsp3) is 0.222. The molecule has 1 aromatic carbocycles. The van der Waals surface area contributed by atoms with Crippen LogP contribution in [0.1, 0.15) is 5.56 Å². The average molecular weight is 369 g/mol. The van der Waals surface area contributed by atoms with Gasteiger partial charge in [-0.15, -0.1) is 0 Å². The summed E-state index contributed by atoms with van der Waals surface area (Å²) in [5, 5.41) is 0. The third-order valence-corrected chi connectivity index (χ3v) is 5.18. The predicted octanol–water partition coefficient (Wildman–Crippen LogP) is -5.39. The topological polar surface area (TPSA) is 37.4 Å². The Bertz CT molecular complexity index is 434. The van der Waals surface area contributed by atoms with Crippen LogP contribution < -0.4 is 24.8 Å². The molecule has 0 heterocycles. The van der Waals surface area contributed by atoms with Crippen LogP contribution in [0, 0.1) is 0 Å². The Kier molecular flexibility index (Phi) is 8.72. The number of hydrogen-bond acceptors (Lipinski definition) is 2. The van der Waals surface area contributed by atoms with Crippen LogP contribution in [-0.2, 0) is 27.9 Å². The van der Waals surface area contributed by atoms with E-state index in [1.165, 1.54) is 18.4 Å². The van der Waals surface area contributed by atoms with Gasteiger partial charge in [0.15, 0.2) is 0 Å². The molecule has 0 amide bonds. The van der Waals surface area contributed by atoms with Crippen molar-refractivity contribution < 1.29 is 51.1 Å². The molecule has 0 unspecified atom stereocenters. The van der Waals surface area contributed by atoms with Crippen molar-refractivity contribution in [2.24, 2.45) is 0 Å². The first-order valence-electron chi connectivity index (χ1n) is 3.95. The number of sulfonamides is 1. The van der Waals surface area contributed by atoms with Gasteiger partial charge in [0.1, 0.15) is 0 Å². The van der Waals surface area contributed by atoms with Gasteiger partial charge in [-0.3, -0.25) is 0 Å². The van der Waals surface area contributed by atoms with Gasteiger partial charge in [0.2, 0.25) is 0 Å². The second kappa shape index (κ2) is 7.51. The first-order chi connectivity index (χ1) is 6.46. The molecule has 0 aliphatic rings. The Morgan fingerprint density at radius 1 is 1.12 bits per heavy atom. The van der Waals surface area contributed by atoms with Crippen LogP contribution in [0.5, 0.6) is 0 Å². The van der Waals surface area contributed by atoms with Gasteiger partial charge in [-0.05, 0) is 0 Å². The van der Waals surface area contributed by atoms with Crippen molar-refractivity contribution in [2.45, 2.75) is 0 Å². The first-order valence-corrected chi connectivity index (χ1v) is 6.26. The summed E-state index contributed by atoms with van der Waals surface area (Å²) in [4.78, 5) is 0. The molecule has 0 atom stereocenters. The van der Waals surface area contributed by atoms with Crippen LogP contribution in [-0.4, -0.2) is 30.3 Å². The largest absolute Gasteiger partial charge is 1.00 e. The zero-order valence-electron chi connectivity index (χ0n) is 8.67. The minimum absolute atomic E-state index is 0. The quantitative estimate of drug-likeness (QED) is 0.499. The molecule has 16 heavy (non-hydrogen) atoms. The molecule has 0 spiro atoms. The predicted molar refractivity (Wildman–Crippen MR) is 53.2 cm³/mol.